The third-order valence-electron chi connectivity index (χ3n) is 4.77. The van der Waals surface area contributed by atoms with E-state index < -0.39 is 18.1 Å². The van der Waals surface area contributed by atoms with E-state index in [4.69, 9.17) is 0 Å². The Morgan fingerprint density at radius 1 is 1.32 bits per heavy atom. The van der Waals surface area contributed by atoms with Crippen LogP contribution < -0.4 is 10.6 Å². The van der Waals surface area contributed by atoms with Gasteiger partial charge in [0.25, 0.3) is 0 Å². The molecule has 1 aliphatic rings. The van der Waals surface area contributed by atoms with Gasteiger partial charge in [-0.1, -0.05) is 13.0 Å². The first-order chi connectivity index (χ1) is 11.4. The smallest absolute Gasteiger partial charge is 0.389 e. The third kappa shape index (κ3) is 6.47. The summed E-state index contributed by atoms with van der Waals surface area (Å²) in [7, 11) is 0. The third-order valence-corrected chi connectivity index (χ3v) is 4.77. The van der Waals surface area contributed by atoms with E-state index in [2.05, 4.69) is 17.2 Å². The largest absolute Gasteiger partial charge is 0.395 e. The Morgan fingerprint density at radius 3 is 2.36 bits per heavy atom. The maximum atomic E-state index is 12.3. The van der Waals surface area contributed by atoms with Crippen molar-refractivity contribution in [2.45, 2.75) is 64.6 Å². The van der Waals surface area contributed by atoms with Crippen molar-refractivity contribution in [2.24, 2.45) is 5.41 Å². The van der Waals surface area contributed by atoms with Crippen LogP contribution in [0.4, 0.5) is 13.2 Å². The molecule has 3 N–H and O–H groups in total. The number of allylic oxidation sites excluding steroid dienone is 2. The Bertz CT molecular complexity index is 515. The summed E-state index contributed by atoms with van der Waals surface area (Å²) in [5.74, 6) is -0.326. The van der Waals surface area contributed by atoms with Gasteiger partial charge in [0.15, 0.2) is 0 Å². The van der Waals surface area contributed by atoms with E-state index in [1.54, 1.807) is 26.8 Å². The van der Waals surface area contributed by atoms with Crippen molar-refractivity contribution in [3.63, 3.8) is 0 Å². The van der Waals surface area contributed by atoms with Crippen molar-refractivity contribution >= 4 is 5.91 Å². The monoisotopic (exact) mass is 362 g/mol. The lowest BCUT2D eigenvalue weighted by molar-refractivity contribution is -0.135. The van der Waals surface area contributed by atoms with Gasteiger partial charge in [0.2, 0.25) is 5.91 Å². The van der Waals surface area contributed by atoms with E-state index in [0.717, 1.165) is 24.8 Å². The molecule has 0 saturated heterocycles. The molecule has 1 rings (SSSR count). The summed E-state index contributed by atoms with van der Waals surface area (Å²) in [6.45, 7) is 9.12. The fourth-order valence-corrected chi connectivity index (χ4v) is 2.74. The molecule has 0 aromatic carbocycles. The second-order valence-corrected chi connectivity index (χ2v) is 7.37. The molecule has 1 aliphatic carbocycles. The molecule has 0 radical (unpaired) electrons. The van der Waals surface area contributed by atoms with Gasteiger partial charge in [0.1, 0.15) is 0 Å². The summed E-state index contributed by atoms with van der Waals surface area (Å²) >= 11 is 0. The number of carbonyl (C=O) groups excluding carboxylic acids is 1. The summed E-state index contributed by atoms with van der Waals surface area (Å²) in [6, 6.07) is 0. The molecule has 0 aromatic heterocycles. The van der Waals surface area contributed by atoms with Crippen LogP contribution >= 0.6 is 0 Å². The molecule has 0 spiro atoms. The van der Waals surface area contributed by atoms with Crippen LogP contribution in [0.15, 0.2) is 23.9 Å². The number of carbonyl (C=O) groups is 1. The topological polar surface area (TPSA) is 61.4 Å². The SMILES string of the molecule is C=C(/C=C(\C)NC(=O)C(C)(C)NCCCC(F)(F)F)C1(CO)CCC1. The van der Waals surface area contributed by atoms with Gasteiger partial charge < -0.3 is 15.7 Å². The normalized spacial score (nSPS) is 17.8. The molecule has 0 heterocycles. The number of alkyl halides is 3. The number of aliphatic hydroxyl groups excluding tert-OH is 1. The molecule has 25 heavy (non-hydrogen) atoms. The van der Waals surface area contributed by atoms with E-state index >= 15 is 0 Å². The van der Waals surface area contributed by atoms with Crippen LogP contribution in [0.25, 0.3) is 0 Å². The Morgan fingerprint density at radius 2 is 1.92 bits per heavy atom. The number of hydrogen-bond donors (Lipinski definition) is 3. The van der Waals surface area contributed by atoms with Gasteiger partial charge in [0, 0.05) is 17.5 Å². The summed E-state index contributed by atoms with van der Waals surface area (Å²) in [5, 5.41) is 15.1. The van der Waals surface area contributed by atoms with Crippen molar-refractivity contribution in [2.75, 3.05) is 13.2 Å². The van der Waals surface area contributed by atoms with E-state index in [1.807, 2.05) is 0 Å². The van der Waals surface area contributed by atoms with Gasteiger partial charge in [-0.05, 0) is 58.2 Å². The maximum absolute atomic E-state index is 12.3. The van der Waals surface area contributed by atoms with Crippen LogP contribution in [-0.2, 0) is 4.79 Å². The highest BCUT2D eigenvalue weighted by molar-refractivity contribution is 5.86. The van der Waals surface area contributed by atoms with E-state index in [0.29, 0.717) is 5.70 Å². The Balaban J connectivity index is 2.52. The van der Waals surface area contributed by atoms with Crippen molar-refractivity contribution in [3.05, 3.63) is 23.9 Å². The molecule has 0 bridgehead atoms. The van der Waals surface area contributed by atoms with Gasteiger partial charge in [-0.15, -0.1) is 0 Å². The maximum Gasteiger partial charge on any atom is 0.389 e. The minimum absolute atomic E-state index is 0.0375. The van der Waals surface area contributed by atoms with E-state index in [1.165, 1.54) is 0 Å². The zero-order valence-electron chi connectivity index (χ0n) is 15.2. The molecular formula is C18H29F3N2O2. The first kappa shape index (κ1) is 21.7. The van der Waals surface area contributed by atoms with Gasteiger partial charge in [-0.25, -0.2) is 0 Å². The Hall–Kier alpha value is -1.34. The molecular weight excluding hydrogens is 333 g/mol. The molecule has 0 atom stereocenters. The van der Waals surface area contributed by atoms with E-state index in [-0.39, 0.29) is 30.9 Å². The molecule has 7 heteroatoms. The fourth-order valence-electron chi connectivity index (χ4n) is 2.74. The first-order valence-corrected chi connectivity index (χ1v) is 8.54. The van der Waals surface area contributed by atoms with Crippen LogP contribution in [0.1, 0.15) is 52.9 Å². The average molecular weight is 362 g/mol. The average Bonchev–Trinajstić information content (AvgIpc) is 2.41. The molecule has 0 unspecified atom stereocenters. The van der Waals surface area contributed by atoms with Crippen molar-refractivity contribution in [3.8, 4) is 0 Å². The minimum atomic E-state index is -4.18. The molecule has 0 aliphatic heterocycles. The first-order valence-electron chi connectivity index (χ1n) is 8.54. The molecule has 1 saturated carbocycles. The summed E-state index contributed by atoms with van der Waals surface area (Å²) < 4.78 is 36.4. The number of halogens is 3. The predicted octanol–water partition coefficient (Wildman–Crippen LogP) is 3.44. The van der Waals surface area contributed by atoms with Crippen LogP contribution in [0.3, 0.4) is 0 Å². The highest BCUT2D eigenvalue weighted by atomic mass is 19.4. The molecule has 0 aromatic rings. The number of nitrogens with one attached hydrogen (secondary N) is 2. The zero-order valence-corrected chi connectivity index (χ0v) is 15.2. The molecule has 144 valence electrons. The highest BCUT2D eigenvalue weighted by Crippen LogP contribution is 2.46. The van der Waals surface area contributed by atoms with Crippen LogP contribution in [0.2, 0.25) is 0 Å². The molecule has 1 fully saturated rings. The second-order valence-electron chi connectivity index (χ2n) is 7.37. The van der Waals surface area contributed by atoms with Crippen molar-refractivity contribution in [1.82, 2.24) is 10.6 Å². The zero-order chi connectivity index (χ0) is 19.3. The minimum Gasteiger partial charge on any atom is -0.395 e. The summed E-state index contributed by atoms with van der Waals surface area (Å²) in [5.41, 5.74) is 0.111. The van der Waals surface area contributed by atoms with Gasteiger partial charge >= 0.3 is 6.18 Å². The van der Waals surface area contributed by atoms with Gasteiger partial charge in [-0.2, -0.15) is 13.2 Å². The summed E-state index contributed by atoms with van der Waals surface area (Å²) in [6.07, 6.45) is -0.568. The molecule has 1 amide bonds. The summed E-state index contributed by atoms with van der Waals surface area (Å²) in [4.78, 5) is 12.3. The Labute approximate surface area is 147 Å². The predicted molar refractivity (Wildman–Crippen MR) is 91.8 cm³/mol. The quantitative estimate of drug-likeness (QED) is 0.435. The lowest BCUT2D eigenvalue weighted by Crippen LogP contribution is -2.52. The second kappa shape index (κ2) is 8.36. The fraction of sp³-hybridized carbons (Fsp3) is 0.722. The van der Waals surface area contributed by atoms with Crippen LogP contribution in [0.5, 0.6) is 0 Å². The number of hydrogen-bond acceptors (Lipinski definition) is 3. The number of amides is 1. The lowest BCUT2D eigenvalue weighted by Gasteiger charge is -2.41. The van der Waals surface area contributed by atoms with Crippen LogP contribution in [-0.4, -0.2) is 35.9 Å². The van der Waals surface area contributed by atoms with Gasteiger partial charge in [-0.3, -0.25) is 4.79 Å². The molecule has 4 nitrogen and oxygen atoms in total. The lowest BCUT2D eigenvalue weighted by atomic mass is 9.65. The van der Waals surface area contributed by atoms with Gasteiger partial charge in [0.05, 0.1) is 12.1 Å². The van der Waals surface area contributed by atoms with Crippen LogP contribution in [0, 0.1) is 5.41 Å². The number of rotatable bonds is 9. The standard InChI is InChI=1S/C18H29F3N2O2/c1-13(17(12-24)7-5-8-17)11-14(2)23-15(25)16(3,4)22-10-6-9-18(19,20)21/h11,22,24H,1,5-10,12H2,2-4H3,(H,23,25)/b14-11+. The highest BCUT2D eigenvalue weighted by Gasteiger charge is 2.38. The van der Waals surface area contributed by atoms with E-state index in [9.17, 15) is 23.1 Å². The van der Waals surface area contributed by atoms with Crippen molar-refractivity contribution < 1.29 is 23.1 Å². The van der Waals surface area contributed by atoms with Crippen molar-refractivity contribution in [1.29, 1.82) is 0 Å². The Kier molecular flexibility index (Phi) is 7.26. The number of aliphatic hydroxyl groups is 1.